The maximum atomic E-state index is 11.0. The SMILES string of the molecule is O=C(O)CC1CCCN1c1ccc(OCc2ccccc2)cc1. The van der Waals surface area contributed by atoms with Crippen LogP contribution in [0.4, 0.5) is 5.69 Å². The minimum atomic E-state index is -0.732. The van der Waals surface area contributed by atoms with Gasteiger partial charge in [-0.2, -0.15) is 0 Å². The van der Waals surface area contributed by atoms with E-state index in [9.17, 15) is 4.79 Å². The van der Waals surface area contributed by atoms with Gasteiger partial charge in [-0.25, -0.2) is 0 Å². The summed E-state index contributed by atoms with van der Waals surface area (Å²) in [5.74, 6) is 0.0938. The predicted octanol–water partition coefficient (Wildman–Crippen LogP) is 3.71. The van der Waals surface area contributed by atoms with E-state index in [1.807, 2.05) is 54.6 Å². The van der Waals surface area contributed by atoms with Gasteiger partial charge in [0.05, 0.1) is 6.42 Å². The number of ether oxygens (including phenoxy) is 1. The molecule has 1 fully saturated rings. The Bertz CT molecular complexity index is 639. The fraction of sp³-hybridized carbons (Fsp3) is 0.316. The van der Waals surface area contributed by atoms with Crippen molar-refractivity contribution in [3.63, 3.8) is 0 Å². The minimum Gasteiger partial charge on any atom is -0.489 e. The number of aliphatic carboxylic acids is 1. The van der Waals surface area contributed by atoms with E-state index in [2.05, 4.69) is 4.90 Å². The Morgan fingerprint density at radius 1 is 1.13 bits per heavy atom. The predicted molar refractivity (Wildman–Crippen MR) is 89.8 cm³/mol. The first kappa shape index (κ1) is 15.4. The van der Waals surface area contributed by atoms with Gasteiger partial charge >= 0.3 is 5.97 Å². The Balaban J connectivity index is 1.61. The minimum absolute atomic E-state index is 0.101. The van der Waals surface area contributed by atoms with E-state index in [1.54, 1.807) is 0 Å². The first-order valence-corrected chi connectivity index (χ1v) is 7.97. The highest BCUT2D eigenvalue weighted by Gasteiger charge is 2.26. The number of benzene rings is 2. The second-order valence-corrected chi connectivity index (χ2v) is 5.86. The van der Waals surface area contributed by atoms with Crippen molar-refractivity contribution in [3.05, 3.63) is 60.2 Å². The Hall–Kier alpha value is -2.49. The molecule has 0 saturated carbocycles. The van der Waals surface area contributed by atoms with Crippen molar-refractivity contribution in [1.29, 1.82) is 0 Å². The smallest absolute Gasteiger partial charge is 0.305 e. The summed E-state index contributed by atoms with van der Waals surface area (Å²) in [6, 6.07) is 18.1. The molecule has 2 aromatic rings. The molecule has 0 radical (unpaired) electrons. The van der Waals surface area contributed by atoms with Crippen LogP contribution < -0.4 is 9.64 Å². The molecule has 1 aliphatic heterocycles. The van der Waals surface area contributed by atoms with Gasteiger partial charge in [-0.05, 0) is 42.7 Å². The molecule has 0 spiro atoms. The van der Waals surface area contributed by atoms with Gasteiger partial charge in [0.25, 0.3) is 0 Å². The van der Waals surface area contributed by atoms with Crippen LogP contribution in [-0.2, 0) is 11.4 Å². The maximum absolute atomic E-state index is 11.0. The molecule has 1 saturated heterocycles. The van der Waals surface area contributed by atoms with Crippen molar-refractivity contribution < 1.29 is 14.6 Å². The Labute approximate surface area is 136 Å². The fourth-order valence-corrected chi connectivity index (χ4v) is 3.06. The molecule has 23 heavy (non-hydrogen) atoms. The van der Waals surface area contributed by atoms with E-state index in [1.165, 1.54) is 0 Å². The van der Waals surface area contributed by atoms with Gasteiger partial charge in [-0.15, -0.1) is 0 Å². The normalized spacial score (nSPS) is 17.2. The lowest BCUT2D eigenvalue weighted by atomic mass is 10.1. The standard InChI is InChI=1S/C19H21NO3/c21-19(22)13-17-7-4-12-20(17)16-8-10-18(11-9-16)23-14-15-5-2-1-3-6-15/h1-3,5-6,8-11,17H,4,7,12-14H2,(H,21,22). The number of nitrogens with zero attached hydrogens (tertiary/aromatic N) is 1. The van der Waals surface area contributed by atoms with Gasteiger partial charge in [0.1, 0.15) is 12.4 Å². The lowest BCUT2D eigenvalue weighted by molar-refractivity contribution is -0.137. The average molecular weight is 311 g/mol. The van der Waals surface area contributed by atoms with Crippen LogP contribution in [0, 0.1) is 0 Å². The zero-order valence-electron chi connectivity index (χ0n) is 13.0. The van der Waals surface area contributed by atoms with Crippen LogP contribution in [0.5, 0.6) is 5.75 Å². The van der Waals surface area contributed by atoms with Gasteiger partial charge in [0.15, 0.2) is 0 Å². The summed E-state index contributed by atoms with van der Waals surface area (Å²) in [4.78, 5) is 13.1. The number of hydrogen-bond acceptors (Lipinski definition) is 3. The van der Waals surface area contributed by atoms with Crippen molar-refractivity contribution in [2.45, 2.75) is 31.9 Å². The van der Waals surface area contributed by atoms with Crippen molar-refractivity contribution in [3.8, 4) is 5.75 Å². The van der Waals surface area contributed by atoms with Crippen LogP contribution in [0.15, 0.2) is 54.6 Å². The number of carboxylic acid groups (broad SMARTS) is 1. The number of anilines is 1. The molecule has 1 aliphatic rings. The molecule has 1 atom stereocenters. The van der Waals surface area contributed by atoms with Gasteiger partial charge in [0, 0.05) is 18.3 Å². The summed E-state index contributed by atoms with van der Waals surface area (Å²) in [5.41, 5.74) is 2.21. The highest BCUT2D eigenvalue weighted by atomic mass is 16.5. The molecular formula is C19H21NO3. The van der Waals surface area contributed by atoms with E-state index in [-0.39, 0.29) is 12.5 Å². The summed E-state index contributed by atoms with van der Waals surface area (Å²) in [7, 11) is 0. The molecule has 4 nitrogen and oxygen atoms in total. The van der Waals surface area contributed by atoms with Crippen LogP contribution in [0.3, 0.4) is 0 Å². The quantitative estimate of drug-likeness (QED) is 0.883. The third-order valence-electron chi connectivity index (χ3n) is 4.20. The zero-order valence-corrected chi connectivity index (χ0v) is 13.0. The molecule has 0 aliphatic carbocycles. The number of hydrogen-bond donors (Lipinski definition) is 1. The summed E-state index contributed by atoms with van der Waals surface area (Å²) < 4.78 is 5.79. The van der Waals surface area contributed by atoms with Crippen LogP contribution >= 0.6 is 0 Å². The second-order valence-electron chi connectivity index (χ2n) is 5.86. The molecule has 0 bridgehead atoms. The van der Waals surface area contributed by atoms with Crippen molar-refractivity contribution in [2.24, 2.45) is 0 Å². The van der Waals surface area contributed by atoms with E-state index >= 15 is 0 Å². The molecule has 0 aromatic heterocycles. The average Bonchev–Trinajstić information content (AvgIpc) is 3.02. The molecule has 1 N–H and O–H groups in total. The van der Waals surface area contributed by atoms with Gasteiger partial charge in [0.2, 0.25) is 0 Å². The van der Waals surface area contributed by atoms with Crippen LogP contribution in [-0.4, -0.2) is 23.7 Å². The summed E-state index contributed by atoms with van der Waals surface area (Å²) in [5, 5.41) is 9.01. The Morgan fingerprint density at radius 2 is 1.87 bits per heavy atom. The Morgan fingerprint density at radius 3 is 2.57 bits per heavy atom. The van der Waals surface area contributed by atoms with Crippen LogP contribution in [0.2, 0.25) is 0 Å². The number of carboxylic acids is 1. The van der Waals surface area contributed by atoms with Crippen LogP contribution in [0.1, 0.15) is 24.8 Å². The van der Waals surface area contributed by atoms with Crippen LogP contribution in [0.25, 0.3) is 0 Å². The second kappa shape index (κ2) is 7.18. The van der Waals surface area contributed by atoms with Gasteiger partial charge in [-0.3, -0.25) is 4.79 Å². The number of rotatable bonds is 6. The van der Waals surface area contributed by atoms with E-state index in [4.69, 9.17) is 9.84 Å². The highest BCUT2D eigenvalue weighted by molar-refractivity contribution is 5.69. The first-order valence-electron chi connectivity index (χ1n) is 7.97. The van der Waals surface area contributed by atoms with E-state index in [0.29, 0.717) is 6.61 Å². The third-order valence-corrected chi connectivity index (χ3v) is 4.20. The molecule has 1 heterocycles. The lowest BCUT2D eigenvalue weighted by Crippen LogP contribution is -2.31. The molecule has 2 aromatic carbocycles. The molecule has 1 unspecified atom stereocenters. The highest BCUT2D eigenvalue weighted by Crippen LogP contribution is 2.29. The number of carbonyl (C=O) groups is 1. The first-order chi connectivity index (χ1) is 11.2. The Kier molecular flexibility index (Phi) is 4.81. The third kappa shape index (κ3) is 4.03. The zero-order chi connectivity index (χ0) is 16.1. The van der Waals surface area contributed by atoms with Crippen molar-refractivity contribution >= 4 is 11.7 Å². The van der Waals surface area contributed by atoms with Gasteiger partial charge < -0.3 is 14.7 Å². The fourth-order valence-electron chi connectivity index (χ4n) is 3.06. The lowest BCUT2D eigenvalue weighted by Gasteiger charge is -2.25. The summed E-state index contributed by atoms with van der Waals surface area (Å²) >= 11 is 0. The monoisotopic (exact) mass is 311 g/mol. The van der Waals surface area contributed by atoms with Crippen molar-refractivity contribution in [2.75, 3.05) is 11.4 Å². The molecule has 3 rings (SSSR count). The molecule has 4 heteroatoms. The summed E-state index contributed by atoms with van der Waals surface area (Å²) in [6.45, 7) is 1.47. The molecule has 120 valence electrons. The topological polar surface area (TPSA) is 49.8 Å². The van der Waals surface area contributed by atoms with E-state index in [0.717, 1.165) is 36.4 Å². The maximum Gasteiger partial charge on any atom is 0.305 e. The largest absolute Gasteiger partial charge is 0.489 e. The van der Waals surface area contributed by atoms with E-state index < -0.39 is 5.97 Å². The summed E-state index contributed by atoms with van der Waals surface area (Å²) in [6.07, 6.45) is 2.19. The molecule has 0 amide bonds. The van der Waals surface area contributed by atoms with Gasteiger partial charge in [-0.1, -0.05) is 30.3 Å². The molecular weight excluding hydrogens is 290 g/mol. The van der Waals surface area contributed by atoms with Crippen molar-refractivity contribution in [1.82, 2.24) is 0 Å².